The highest BCUT2D eigenvalue weighted by molar-refractivity contribution is 6.03. The van der Waals surface area contributed by atoms with Crippen LogP contribution in [0.15, 0.2) is 4.99 Å². The largest absolute Gasteiger partial charge is 0.385 e. The Balaban J connectivity index is 2.21. The lowest BCUT2D eigenvalue weighted by molar-refractivity contribution is 0.191. The third-order valence-electron chi connectivity index (χ3n) is 2.62. The molecule has 1 atom stereocenters. The Morgan fingerprint density at radius 1 is 1.54 bits per heavy atom. The molecular weight excluding hydrogens is 166 g/mol. The fourth-order valence-electron chi connectivity index (χ4n) is 1.89. The zero-order valence-electron chi connectivity index (χ0n) is 8.03. The minimum atomic E-state index is -0.140. The van der Waals surface area contributed by atoms with Gasteiger partial charge in [0.2, 0.25) is 0 Å². The summed E-state index contributed by atoms with van der Waals surface area (Å²) in [4.78, 5) is 17.1. The van der Waals surface area contributed by atoms with Crippen LogP contribution in [0.25, 0.3) is 0 Å². The number of nitrogens with zero attached hydrogens (tertiary/aromatic N) is 2. The van der Waals surface area contributed by atoms with Crippen LogP contribution >= 0.6 is 0 Å². The first-order valence-corrected chi connectivity index (χ1v) is 4.77. The monoisotopic (exact) mass is 181 g/mol. The first-order valence-electron chi connectivity index (χ1n) is 4.77. The molecule has 2 amide bonds. The maximum absolute atomic E-state index is 11.4. The normalized spacial score (nSPS) is 28.5. The van der Waals surface area contributed by atoms with Crippen molar-refractivity contribution in [2.24, 2.45) is 16.6 Å². The van der Waals surface area contributed by atoms with Crippen LogP contribution in [0.2, 0.25) is 0 Å². The predicted octanol–water partition coefficient (Wildman–Crippen LogP) is 0.966. The molecule has 0 saturated heterocycles. The second-order valence-corrected chi connectivity index (χ2v) is 4.15. The Morgan fingerprint density at radius 2 is 2.15 bits per heavy atom. The van der Waals surface area contributed by atoms with Crippen molar-refractivity contribution < 1.29 is 4.79 Å². The van der Waals surface area contributed by atoms with Gasteiger partial charge in [0.25, 0.3) is 0 Å². The SMILES string of the molecule is CC(C)C1C(N)=NC(=O)N1C1CC1. The molecule has 4 heteroatoms. The smallest absolute Gasteiger partial charge is 0.346 e. The Kier molecular flexibility index (Phi) is 1.78. The molecule has 0 bridgehead atoms. The van der Waals surface area contributed by atoms with Crippen molar-refractivity contribution in [2.45, 2.75) is 38.8 Å². The van der Waals surface area contributed by atoms with Gasteiger partial charge in [0, 0.05) is 6.04 Å². The lowest BCUT2D eigenvalue weighted by Gasteiger charge is -2.26. The fourth-order valence-corrected chi connectivity index (χ4v) is 1.89. The zero-order valence-corrected chi connectivity index (χ0v) is 8.03. The Morgan fingerprint density at radius 3 is 2.62 bits per heavy atom. The van der Waals surface area contributed by atoms with E-state index in [-0.39, 0.29) is 12.1 Å². The molecule has 0 radical (unpaired) electrons. The minimum absolute atomic E-state index is 0.0417. The van der Waals surface area contributed by atoms with E-state index in [4.69, 9.17) is 5.73 Å². The van der Waals surface area contributed by atoms with Crippen molar-refractivity contribution in [3.63, 3.8) is 0 Å². The highest BCUT2D eigenvalue weighted by Crippen LogP contribution is 2.33. The molecule has 1 fully saturated rings. The van der Waals surface area contributed by atoms with E-state index in [0.29, 0.717) is 17.8 Å². The molecular formula is C9H15N3O. The van der Waals surface area contributed by atoms with Crippen molar-refractivity contribution in [1.82, 2.24) is 4.90 Å². The van der Waals surface area contributed by atoms with Gasteiger partial charge >= 0.3 is 6.03 Å². The van der Waals surface area contributed by atoms with Gasteiger partial charge in [-0.25, -0.2) is 4.79 Å². The van der Waals surface area contributed by atoms with Crippen LogP contribution in [0.4, 0.5) is 4.79 Å². The summed E-state index contributed by atoms with van der Waals surface area (Å²) in [5, 5.41) is 0. The van der Waals surface area contributed by atoms with Gasteiger partial charge in [0.1, 0.15) is 5.84 Å². The summed E-state index contributed by atoms with van der Waals surface area (Å²) in [6.45, 7) is 4.14. The van der Waals surface area contributed by atoms with Gasteiger partial charge in [-0.05, 0) is 18.8 Å². The lowest BCUT2D eigenvalue weighted by Crippen LogP contribution is -2.45. The van der Waals surface area contributed by atoms with Gasteiger partial charge in [0.05, 0.1) is 6.04 Å². The summed E-state index contributed by atoms with van der Waals surface area (Å²) < 4.78 is 0. The van der Waals surface area contributed by atoms with Gasteiger partial charge in [-0.15, -0.1) is 0 Å². The molecule has 2 N–H and O–H groups in total. The molecule has 0 aromatic rings. The molecule has 1 saturated carbocycles. The average Bonchev–Trinajstić information content (AvgIpc) is 2.77. The van der Waals surface area contributed by atoms with Crippen LogP contribution in [0.3, 0.4) is 0 Å². The number of rotatable bonds is 2. The molecule has 13 heavy (non-hydrogen) atoms. The average molecular weight is 181 g/mol. The van der Waals surface area contributed by atoms with Gasteiger partial charge in [-0.1, -0.05) is 13.8 Å². The zero-order chi connectivity index (χ0) is 9.59. The minimum Gasteiger partial charge on any atom is -0.385 e. The molecule has 2 rings (SSSR count). The number of amidine groups is 1. The van der Waals surface area contributed by atoms with Crippen molar-refractivity contribution in [3.8, 4) is 0 Å². The van der Waals surface area contributed by atoms with Gasteiger partial charge < -0.3 is 10.6 Å². The van der Waals surface area contributed by atoms with Crippen LogP contribution < -0.4 is 5.73 Å². The van der Waals surface area contributed by atoms with E-state index >= 15 is 0 Å². The molecule has 1 aliphatic heterocycles. The van der Waals surface area contributed by atoms with Crippen molar-refractivity contribution in [1.29, 1.82) is 0 Å². The van der Waals surface area contributed by atoms with E-state index in [2.05, 4.69) is 18.8 Å². The first-order chi connectivity index (χ1) is 6.11. The van der Waals surface area contributed by atoms with Crippen LogP contribution in [-0.2, 0) is 0 Å². The van der Waals surface area contributed by atoms with Crippen LogP contribution in [0.5, 0.6) is 0 Å². The highest BCUT2D eigenvalue weighted by atomic mass is 16.2. The maximum Gasteiger partial charge on any atom is 0.346 e. The molecule has 1 aliphatic carbocycles. The summed E-state index contributed by atoms with van der Waals surface area (Å²) in [6.07, 6.45) is 2.22. The Labute approximate surface area is 77.8 Å². The van der Waals surface area contributed by atoms with Crippen LogP contribution in [0.1, 0.15) is 26.7 Å². The van der Waals surface area contributed by atoms with E-state index in [1.807, 2.05) is 4.90 Å². The molecule has 1 unspecified atom stereocenters. The molecule has 72 valence electrons. The number of hydrogen-bond donors (Lipinski definition) is 1. The molecule has 1 heterocycles. The third kappa shape index (κ3) is 1.30. The van der Waals surface area contributed by atoms with E-state index < -0.39 is 0 Å². The van der Waals surface area contributed by atoms with Gasteiger partial charge in [0.15, 0.2) is 0 Å². The lowest BCUT2D eigenvalue weighted by atomic mass is 10.0. The predicted molar refractivity (Wildman–Crippen MR) is 50.5 cm³/mol. The van der Waals surface area contributed by atoms with E-state index in [1.165, 1.54) is 0 Å². The standard InChI is InChI=1S/C9H15N3O/c1-5(2)7-8(10)11-9(13)12(7)6-3-4-6/h5-7H,3-4H2,1-2H3,(H2,10,11,13). The summed E-state index contributed by atoms with van der Waals surface area (Å²) in [7, 11) is 0. The number of hydrogen-bond acceptors (Lipinski definition) is 2. The number of amides is 2. The Bertz CT molecular complexity index is 268. The number of aliphatic imine (C=N–C) groups is 1. The summed E-state index contributed by atoms with van der Waals surface area (Å²) >= 11 is 0. The van der Waals surface area contributed by atoms with Crippen molar-refractivity contribution in [2.75, 3.05) is 0 Å². The molecule has 0 spiro atoms. The highest BCUT2D eigenvalue weighted by Gasteiger charge is 2.43. The first kappa shape index (κ1) is 8.53. The quantitative estimate of drug-likeness (QED) is 0.690. The summed E-state index contributed by atoms with van der Waals surface area (Å²) in [6, 6.07) is 0.309. The number of carbonyl (C=O) groups excluding carboxylic acids is 1. The maximum atomic E-state index is 11.4. The number of nitrogens with two attached hydrogens (primary N) is 1. The Hall–Kier alpha value is -1.06. The summed E-state index contributed by atoms with van der Waals surface area (Å²) in [5.74, 6) is 0.850. The van der Waals surface area contributed by atoms with Gasteiger partial charge in [-0.3, -0.25) is 0 Å². The molecule has 4 nitrogen and oxygen atoms in total. The van der Waals surface area contributed by atoms with Crippen LogP contribution in [-0.4, -0.2) is 28.9 Å². The fraction of sp³-hybridized carbons (Fsp3) is 0.778. The molecule has 2 aliphatic rings. The number of urea groups is 1. The molecule has 0 aromatic carbocycles. The van der Waals surface area contributed by atoms with Crippen LogP contribution in [0, 0.1) is 5.92 Å². The molecule has 0 aromatic heterocycles. The number of carbonyl (C=O) groups is 1. The van der Waals surface area contributed by atoms with Crippen molar-refractivity contribution >= 4 is 11.9 Å². The second-order valence-electron chi connectivity index (χ2n) is 4.15. The van der Waals surface area contributed by atoms with Crippen molar-refractivity contribution in [3.05, 3.63) is 0 Å². The topological polar surface area (TPSA) is 58.7 Å². The van der Waals surface area contributed by atoms with Gasteiger partial charge in [-0.2, -0.15) is 4.99 Å². The third-order valence-corrected chi connectivity index (χ3v) is 2.62. The van der Waals surface area contributed by atoms with E-state index in [9.17, 15) is 4.79 Å². The second kappa shape index (κ2) is 2.72. The van der Waals surface area contributed by atoms with E-state index in [1.54, 1.807) is 0 Å². The summed E-state index contributed by atoms with van der Waals surface area (Å²) in [5.41, 5.74) is 5.71. The van der Waals surface area contributed by atoms with E-state index in [0.717, 1.165) is 12.8 Å².